The van der Waals surface area contributed by atoms with Crippen LogP contribution in [0.3, 0.4) is 0 Å². The molecule has 5 nitrogen and oxygen atoms in total. The van der Waals surface area contributed by atoms with E-state index in [9.17, 15) is 4.79 Å². The predicted molar refractivity (Wildman–Crippen MR) is 84.0 cm³/mol. The molecule has 0 saturated carbocycles. The number of benzene rings is 1. The Hall–Kier alpha value is -1.53. The van der Waals surface area contributed by atoms with Gasteiger partial charge in [0.2, 0.25) is 0 Å². The average molecular weight is 359 g/mol. The normalized spacial score (nSPS) is 10.8. The number of carboxylic acids is 1. The summed E-state index contributed by atoms with van der Waals surface area (Å²) in [6.07, 6.45) is 3.36. The smallest absolute Gasteiger partial charge is 0.328 e. The van der Waals surface area contributed by atoms with Gasteiger partial charge in [0.05, 0.1) is 17.7 Å². The summed E-state index contributed by atoms with van der Waals surface area (Å²) in [5.74, 6) is 0.193. The fourth-order valence-corrected chi connectivity index (χ4v) is 2.21. The summed E-state index contributed by atoms with van der Waals surface area (Å²) in [4.78, 5) is 10.6. The van der Waals surface area contributed by atoms with Crippen LogP contribution in [0, 0.1) is 0 Å². The molecule has 0 aliphatic rings. The van der Waals surface area contributed by atoms with Crippen LogP contribution < -0.4 is 9.47 Å². The molecule has 0 bridgehead atoms. The maximum absolute atomic E-state index is 10.6. The predicted octanol–water partition coefficient (Wildman–Crippen LogP) is 3.36. The second-order valence-corrected chi connectivity index (χ2v) is 4.98. The highest BCUT2D eigenvalue weighted by Gasteiger charge is 2.11. The van der Waals surface area contributed by atoms with E-state index in [0.29, 0.717) is 31.3 Å². The number of hydrogen-bond donors (Lipinski definition) is 1. The van der Waals surface area contributed by atoms with E-state index >= 15 is 0 Å². The molecule has 1 N–H and O–H groups in total. The average Bonchev–Trinajstić information content (AvgIpc) is 2.43. The Morgan fingerprint density at radius 3 is 2.71 bits per heavy atom. The van der Waals surface area contributed by atoms with Gasteiger partial charge in [-0.05, 0) is 46.6 Å². The minimum atomic E-state index is -0.996. The quantitative estimate of drug-likeness (QED) is 0.541. The monoisotopic (exact) mass is 358 g/mol. The molecule has 0 unspecified atom stereocenters. The Kier molecular flexibility index (Phi) is 7.85. The minimum Gasteiger partial charge on any atom is -0.490 e. The number of methoxy groups -OCH3 is 1. The highest BCUT2D eigenvalue weighted by molar-refractivity contribution is 9.10. The molecule has 0 aromatic heterocycles. The molecule has 1 rings (SSSR count). The summed E-state index contributed by atoms with van der Waals surface area (Å²) in [7, 11) is 1.64. The number of aliphatic carboxylic acids is 1. The van der Waals surface area contributed by atoms with Crippen molar-refractivity contribution in [2.45, 2.75) is 13.3 Å². The van der Waals surface area contributed by atoms with Crippen molar-refractivity contribution in [1.29, 1.82) is 0 Å². The van der Waals surface area contributed by atoms with Gasteiger partial charge >= 0.3 is 5.97 Å². The van der Waals surface area contributed by atoms with E-state index in [4.69, 9.17) is 19.3 Å². The molecule has 6 heteroatoms. The highest BCUT2D eigenvalue weighted by atomic mass is 79.9. The zero-order chi connectivity index (χ0) is 15.7. The molecule has 0 aliphatic carbocycles. The summed E-state index contributed by atoms with van der Waals surface area (Å²) in [6.45, 7) is 3.51. The van der Waals surface area contributed by atoms with Crippen molar-refractivity contribution < 1.29 is 24.1 Å². The van der Waals surface area contributed by atoms with Crippen molar-refractivity contribution in [3.63, 3.8) is 0 Å². The number of carbonyl (C=O) groups is 1. The van der Waals surface area contributed by atoms with Gasteiger partial charge in [0.15, 0.2) is 11.5 Å². The van der Waals surface area contributed by atoms with Gasteiger partial charge in [0, 0.05) is 26.2 Å². The lowest BCUT2D eigenvalue weighted by molar-refractivity contribution is -0.131. The highest BCUT2D eigenvalue weighted by Crippen LogP contribution is 2.37. The largest absolute Gasteiger partial charge is 0.490 e. The fraction of sp³-hybridized carbons (Fsp3) is 0.400. The first-order valence-electron chi connectivity index (χ1n) is 6.57. The van der Waals surface area contributed by atoms with Crippen molar-refractivity contribution >= 4 is 28.0 Å². The van der Waals surface area contributed by atoms with Gasteiger partial charge in [0.1, 0.15) is 0 Å². The van der Waals surface area contributed by atoms with Gasteiger partial charge in [-0.25, -0.2) is 4.79 Å². The first-order valence-corrected chi connectivity index (χ1v) is 7.36. The lowest BCUT2D eigenvalue weighted by Crippen LogP contribution is -2.04. The van der Waals surface area contributed by atoms with Gasteiger partial charge in [-0.1, -0.05) is 0 Å². The number of rotatable bonds is 9. The van der Waals surface area contributed by atoms with Gasteiger partial charge < -0.3 is 19.3 Å². The van der Waals surface area contributed by atoms with Crippen LogP contribution in [-0.2, 0) is 9.53 Å². The van der Waals surface area contributed by atoms with Crippen molar-refractivity contribution in [2.24, 2.45) is 0 Å². The Bertz CT molecular complexity index is 499. The fourth-order valence-electron chi connectivity index (χ4n) is 1.63. The number of halogens is 1. The Labute approximate surface area is 132 Å². The van der Waals surface area contributed by atoms with E-state index in [1.54, 1.807) is 19.2 Å². The third kappa shape index (κ3) is 6.18. The second kappa shape index (κ2) is 9.41. The molecule has 1 aromatic rings. The topological polar surface area (TPSA) is 65.0 Å². The summed E-state index contributed by atoms with van der Waals surface area (Å²) in [5.41, 5.74) is 0.719. The van der Waals surface area contributed by atoms with Crippen molar-refractivity contribution in [3.05, 3.63) is 28.2 Å². The van der Waals surface area contributed by atoms with Crippen LogP contribution >= 0.6 is 15.9 Å². The first-order chi connectivity index (χ1) is 10.1. The van der Waals surface area contributed by atoms with E-state index in [0.717, 1.165) is 22.5 Å². The molecule has 0 amide bonds. The molecule has 0 aliphatic heterocycles. The van der Waals surface area contributed by atoms with E-state index in [1.807, 2.05) is 6.92 Å². The van der Waals surface area contributed by atoms with Crippen LogP contribution in [-0.4, -0.2) is 38.0 Å². The lowest BCUT2D eigenvalue weighted by atomic mass is 10.2. The molecule has 0 spiro atoms. The molecule has 0 fully saturated rings. The van der Waals surface area contributed by atoms with Crippen LogP contribution in [0.4, 0.5) is 0 Å². The number of hydrogen-bond acceptors (Lipinski definition) is 4. The zero-order valence-corrected chi connectivity index (χ0v) is 13.7. The summed E-state index contributed by atoms with van der Waals surface area (Å²) >= 11 is 3.43. The van der Waals surface area contributed by atoms with Crippen LogP contribution in [0.1, 0.15) is 18.9 Å². The Balaban J connectivity index is 2.93. The maximum atomic E-state index is 10.6. The standard InChI is InChI=1S/C15H19BrO5/c1-3-20-13-10-11(5-6-14(17)18)9-12(16)15(13)21-8-4-7-19-2/h5-6,9-10H,3-4,7-8H2,1-2H3,(H,17,18)/b6-5+. The lowest BCUT2D eigenvalue weighted by Gasteiger charge is -2.14. The van der Waals surface area contributed by atoms with E-state index in [1.165, 1.54) is 6.08 Å². The summed E-state index contributed by atoms with van der Waals surface area (Å²) in [5, 5.41) is 8.67. The van der Waals surface area contributed by atoms with Crippen molar-refractivity contribution in [3.8, 4) is 11.5 Å². The third-order valence-corrected chi connectivity index (χ3v) is 3.08. The van der Waals surface area contributed by atoms with Gasteiger partial charge in [-0.2, -0.15) is 0 Å². The second-order valence-electron chi connectivity index (χ2n) is 4.13. The van der Waals surface area contributed by atoms with Crippen molar-refractivity contribution in [1.82, 2.24) is 0 Å². The Morgan fingerprint density at radius 1 is 1.33 bits per heavy atom. The minimum absolute atomic E-state index is 0.493. The van der Waals surface area contributed by atoms with E-state index in [-0.39, 0.29) is 0 Å². The van der Waals surface area contributed by atoms with Crippen LogP contribution in [0.15, 0.2) is 22.7 Å². The number of ether oxygens (including phenoxy) is 3. The third-order valence-electron chi connectivity index (χ3n) is 2.49. The zero-order valence-electron chi connectivity index (χ0n) is 12.1. The molecular formula is C15H19BrO5. The van der Waals surface area contributed by atoms with Gasteiger partial charge in [0.25, 0.3) is 0 Å². The van der Waals surface area contributed by atoms with E-state index < -0.39 is 5.97 Å². The summed E-state index contributed by atoms with van der Waals surface area (Å²) < 4.78 is 17.0. The maximum Gasteiger partial charge on any atom is 0.328 e. The van der Waals surface area contributed by atoms with Gasteiger partial charge in [-0.15, -0.1) is 0 Å². The van der Waals surface area contributed by atoms with Crippen LogP contribution in [0.2, 0.25) is 0 Å². The molecule has 0 heterocycles. The van der Waals surface area contributed by atoms with Crippen molar-refractivity contribution in [2.75, 3.05) is 26.9 Å². The van der Waals surface area contributed by atoms with Crippen LogP contribution in [0.25, 0.3) is 6.08 Å². The Morgan fingerprint density at radius 2 is 2.10 bits per heavy atom. The van der Waals surface area contributed by atoms with E-state index in [2.05, 4.69) is 15.9 Å². The SMILES string of the molecule is CCOc1cc(/C=C/C(=O)O)cc(Br)c1OCCCOC. The molecule has 21 heavy (non-hydrogen) atoms. The van der Waals surface area contributed by atoms with Crippen LogP contribution in [0.5, 0.6) is 11.5 Å². The summed E-state index contributed by atoms with van der Waals surface area (Å²) in [6, 6.07) is 3.53. The van der Waals surface area contributed by atoms with Gasteiger partial charge in [-0.3, -0.25) is 0 Å². The first kappa shape index (κ1) is 17.5. The molecule has 0 atom stereocenters. The number of carboxylic acid groups (broad SMARTS) is 1. The molecule has 1 aromatic carbocycles. The molecular weight excluding hydrogens is 340 g/mol. The molecule has 116 valence electrons. The molecule has 0 saturated heterocycles. The molecule has 0 radical (unpaired) electrons.